The third-order valence-corrected chi connectivity index (χ3v) is 5.78. The van der Waals surface area contributed by atoms with Gasteiger partial charge in [0.15, 0.2) is 6.23 Å². The highest BCUT2D eigenvalue weighted by atomic mass is 16.6. The molecule has 3 heterocycles. The van der Waals surface area contributed by atoms with Crippen LogP contribution in [0, 0.1) is 5.92 Å². The number of carbonyl (C=O) groups is 2. The van der Waals surface area contributed by atoms with Crippen LogP contribution in [0.3, 0.4) is 0 Å². The Kier molecular flexibility index (Phi) is 5.72. The van der Waals surface area contributed by atoms with Crippen LogP contribution in [0.2, 0.25) is 0 Å². The maximum atomic E-state index is 13.0. The van der Waals surface area contributed by atoms with E-state index in [1.165, 1.54) is 17.7 Å². The van der Waals surface area contributed by atoms with Crippen LogP contribution in [-0.4, -0.2) is 47.7 Å². The van der Waals surface area contributed by atoms with Gasteiger partial charge in [0.05, 0.1) is 0 Å². The van der Waals surface area contributed by atoms with Crippen molar-refractivity contribution in [1.82, 2.24) is 9.80 Å². The van der Waals surface area contributed by atoms with Crippen molar-refractivity contribution in [3.8, 4) is 0 Å². The van der Waals surface area contributed by atoms with Crippen LogP contribution in [0.25, 0.3) is 0 Å². The van der Waals surface area contributed by atoms with Crippen molar-refractivity contribution >= 4 is 12.0 Å². The van der Waals surface area contributed by atoms with Gasteiger partial charge in [-0.3, -0.25) is 9.69 Å². The predicted molar refractivity (Wildman–Crippen MR) is 107 cm³/mol. The Hall–Kier alpha value is -2.66. The molecule has 5 heteroatoms. The fourth-order valence-electron chi connectivity index (χ4n) is 4.11. The molecular weight excluding hydrogens is 352 g/mol. The number of carbonyl (C=O) groups excluding carboxylic acids is 2. The molecular formula is C23H26N2O3. The van der Waals surface area contributed by atoms with E-state index in [0.717, 1.165) is 25.1 Å². The van der Waals surface area contributed by atoms with Crippen LogP contribution >= 0.6 is 0 Å². The Balaban J connectivity index is 1.48. The van der Waals surface area contributed by atoms with Crippen molar-refractivity contribution in [3.05, 3.63) is 71.8 Å². The molecule has 2 bridgehead atoms. The first-order valence-corrected chi connectivity index (χ1v) is 10.1. The Bertz CT molecular complexity index is 801. The average molecular weight is 378 g/mol. The summed E-state index contributed by atoms with van der Waals surface area (Å²) in [7, 11) is 0. The summed E-state index contributed by atoms with van der Waals surface area (Å²) < 4.78 is 5.81. The van der Waals surface area contributed by atoms with Crippen molar-refractivity contribution in [1.29, 1.82) is 0 Å². The van der Waals surface area contributed by atoms with Gasteiger partial charge >= 0.3 is 6.09 Å². The van der Waals surface area contributed by atoms with E-state index in [2.05, 4.69) is 4.90 Å². The van der Waals surface area contributed by atoms with Crippen molar-refractivity contribution in [2.75, 3.05) is 19.6 Å². The first kappa shape index (κ1) is 18.7. The number of piperidine rings is 3. The molecule has 0 saturated carbocycles. The van der Waals surface area contributed by atoms with Crippen LogP contribution in [0.4, 0.5) is 4.79 Å². The van der Waals surface area contributed by atoms with Crippen molar-refractivity contribution in [3.63, 3.8) is 0 Å². The summed E-state index contributed by atoms with van der Waals surface area (Å²) in [5.41, 5.74) is 1.58. The highest BCUT2D eigenvalue weighted by Gasteiger charge is 2.37. The number of rotatable bonds is 5. The van der Waals surface area contributed by atoms with Crippen LogP contribution in [0.1, 0.15) is 35.2 Å². The molecule has 146 valence electrons. The van der Waals surface area contributed by atoms with E-state index in [9.17, 15) is 9.59 Å². The number of nitrogens with zero attached hydrogens (tertiary/aromatic N) is 2. The molecule has 1 atom stereocenters. The van der Waals surface area contributed by atoms with Gasteiger partial charge < -0.3 is 4.74 Å². The minimum atomic E-state index is -0.540. The molecule has 5 rings (SSSR count). The second kappa shape index (κ2) is 8.57. The third-order valence-electron chi connectivity index (χ3n) is 5.78. The molecule has 0 radical (unpaired) electrons. The molecule has 0 N–H and O–H groups in total. The number of amides is 2. The van der Waals surface area contributed by atoms with Gasteiger partial charge in [0.2, 0.25) is 0 Å². The third kappa shape index (κ3) is 4.25. The van der Waals surface area contributed by atoms with Gasteiger partial charge in [-0.05, 0) is 42.9 Å². The zero-order valence-corrected chi connectivity index (χ0v) is 16.0. The zero-order chi connectivity index (χ0) is 19.3. The Morgan fingerprint density at radius 1 is 0.964 bits per heavy atom. The molecule has 0 spiro atoms. The largest absolute Gasteiger partial charge is 0.430 e. The van der Waals surface area contributed by atoms with E-state index in [1.807, 2.05) is 36.4 Å². The molecule has 0 unspecified atom stereocenters. The van der Waals surface area contributed by atoms with Gasteiger partial charge in [0.1, 0.15) is 0 Å². The molecule has 3 aliphatic rings. The zero-order valence-electron chi connectivity index (χ0n) is 16.0. The van der Waals surface area contributed by atoms with Crippen LogP contribution in [0.5, 0.6) is 0 Å². The van der Waals surface area contributed by atoms with Crippen LogP contribution in [-0.2, 0) is 11.2 Å². The number of fused-ring (bicyclic) bond motifs is 3. The second-order valence-corrected chi connectivity index (χ2v) is 7.61. The molecule has 3 saturated heterocycles. The minimum Gasteiger partial charge on any atom is -0.430 e. The monoisotopic (exact) mass is 378 g/mol. The summed E-state index contributed by atoms with van der Waals surface area (Å²) in [5.74, 6) is 0.322. The molecule has 28 heavy (non-hydrogen) atoms. The van der Waals surface area contributed by atoms with Crippen LogP contribution in [0.15, 0.2) is 60.7 Å². The molecule has 0 aliphatic carbocycles. The number of imide groups is 1. The molecule has 3 fully saturated rings. The lowest BCUT2D eigenvalue weighted by Crippen LogP contribution is -2.52. The summed E-state index contributed by atoms with van der Waals surface area (Å²) in [6.07, 6.45) is 3.08. The van der Waals surface area contributed by atoms with E-state index in [1.54, 1.807) is 24.3 Å². The summed E-state index contributed by atoms with van der Waals surface area (Å²) >= 11 is 0. The molecule has 2 aromatic rings. The number of ether oxygens (including phenoxy) is 1. The summed E-state index contributed by atoms with van der Waals surface area (Å²) in [5, 5.41) is 0. The lowest BCUT2D eigenvalue weighted by molar-refractivity contribution is -0.0890. The lowest BCUT2D eigenvalue weighted by Gasteiger charge is -2.44. The topological polar surface area (TPSA) is 49.9 Å². The minimum absolute atomic E-state index is 0.206. The first-order valence-electron chi connectivity index (χ1n) is 10.1. The maximum Gasteiger partial charge on any atom is 0.418 e. The fourth-order valence-corrected chi connectivity index (χ4v) is 4.11. The van der Waals surface area contributed by atoms with Crippen molar-refractivity contribution in [2.24, 2.45) is 5.92 Å². The van der Waals surface area contributed by atoms with Gasteiger partial charge in [-0.2, -0.15) is 0 Å². The van der Waals surface area contributed by atoms with E-state index < -0.39 is 6.09 Å². The smallest absolute Gasteiger partial charge is 0.418 e. The number of hydrogen-bond acceptors (Lipinski definition) is 4. The Labute approximate surface area is 165 Å². The molecule has 0 aromatic heterocycles. The van der Waals surface area contributed by atoms with E-state index in [-0.39, 0.29) is 12.1 Å². The molecule has 3 aliphatic heterocycles. The summed E-state index contributed by atoms with van der Waals surface area (Å²) in [4.78, 5) is 29.5. The van der Waals surface area contributed by atoms with E-state index >= 15 is 0 Å². The molecule has 2 amide bonds. The quantitative estimate of drug-likeness (QED) is 0.790. The Morgan fingerprint density at radius 3 is 2.21 bits per heavy atom. The van der Waals surface area contributed by atoms with Gasteiger partial charge in [-0.25, -0.2) is 9.69 Å². The lowest BCUT2D eigenvalue weighted by atomic mass is 9.87. The van der Waals surface area contributed by atoms with Crippen LogP contribution < -0.4 is 0 Å². The fraction of sp³-hybridized carbons (Fsp3) is 0.391. The van der Waals surface area contributed by atoms with Gasteiger partial charge in [-0.1, -0.05) is 48.5 Å². The summed E-state index contributed by atoms with van der Waals surface area (Å²) in [6, 6.07) is 18.8. The summed E-state index contributed by atoms with van der Waals surface area (Å²) in [6.45, 7) is 2.24. The highest BCUT2D eigenvalue weighted by Crippen LogP contribution is 2.32. The normalized spacial score (nSPS) is 23.2. The SMILES string of the molecule is O=C(O[C@H]1CC2CCN1CC2)N(CCc1ccccc1)C(=O)c1ccccc1. The highest BCUT2D eigenvalue weighted by molar-refractivity contribution is 6.02. The van der Waals surface area contributed by atoms with Gasteiger partial charge in [0, 0.05) is 31.6 Å². The number of benzene rings is 2. The maximum absolute atomic E-state index is 13.0. The van der Waals surface area contributed by atoms with E-state index in [4.69, 9.17) is 4.74 Å². The van der Waals surface area contributed by atoms with E-state index in [0.29, 0.717) is 24.4 Å². The number of hydrogen-bond donors (Lipinski definition) is 0. The average Bonchev–Trinajstić information content (AvgIpc) is 2.76. The Morgan fingerprint density at radius 2 is 1.61 bits per heavy atom. The predicted octanol–water partition coefficient (Wildman–Crippen LogP) is 3.95. The first-order chi connectivity index (χ1) is 13.7. The molecule has 5 nitrogen and oxygen atoms in total. The second-order valence-electron chi connectivity index (χ2n) is 7.61. The van der Waals surface area contributed by atoms with Crippen molar-refractivity contribution in [2.45, 2.75) is 31.9 Å². The van der Waals surface area contributed by atoms with Gasteiger partial charge in [-0.15, -0.1) is 0 Å². The van der Waals surface area contributed by atoms with Gasteiger partial charge in [0.25, 0.3) is 5.91 Å². The standard InChI is InChI=1S/C23H26N2O3/c26-22(20-9-5-2-6-10-20)25(16-13-18-7-3-1-4-8-18)23(27)28-21-17-19-11-14-24(21)15-12-19/h1-10,19,21H,11-17H2/t21-/m0/s1. The van der Waals surface area contributed by atoms with Crippen molar-refractivity contribution < 1.29 is 14.3 Å². The molecule has 2 aromatic carbocycles.